The number of ether oxygens (including phenoxy) is 2. The number of likely N-dealkylation sites (N-methyl/N-ethyl adjacent to an activating group) is 1. The summed E-state index contributed by atoms with van der Waals surface area (Å²) in [6.07, 6.45) is 58.3. The number of phosphoric ester groups is 1. The quantitative estimate of drug-likeness (QED) is 0.0199. The van der Waals surface area contributed by atoms with Crippen LogP contribution in [-0.4, -0.2) is 70.7 Å². The highest BCUT2D eigenvalue weighted by Gasteiger charge is 2.20. The van der Waals surface area contributed by atoms with Crippen molar-refractivity contribution in [3.05, 3.63) is 109 Å². The van der Waals surface area contributed by atoms with Gasteiger partial charge in [0.15, 0.2) is 0 Å². The fourth-order valence-corrected chi connectivity index (χ4v) is 6.12. The molecule has 0 aromatic carbocycles. The first kappa shape index (κ1) is 56.2. The van der Waals surface area contributed by atoms with Crippen molar-refractivity contribution in [3.8, 4) is 0 Å². The average Bonchev–Trinajstić information content (AvgIpc) is 3.19. The van der Waals surface area contributed by atoms with E-state index in [9.17, 15) is 14.3 Å². The highest BCUT2D eigenvalue weighted by Crippen LogP contribution is 2.38. The molecule has 0 aliphatic carbocycles. The van der Waals surface area contributed by atoms with Crippen LogP contribution in [0.15, 0.2) is 109 Å². The minimum Gasteiger partial charge on any atom is -0.756 e. The molecule has 0 aromatic heterocycles. The van der Waals surface area contributed by atoms with Gasteiger partial charge in [0, 0.05) is 13.0 Å². The molecule has 2 atom stereocenters. The van der Waals surface area contributed by atoms with Gasteiger partial charge in [-0.2, -0.15) is 0 Å². The maximum absolute atomic E-state index is 12.7. The van der Waals surface area contributed by atoms with Crippen LogP contribution in [-0.2, 0) is 27.9 Å². The van der Waals surface area contributed by atoms with Gasteiger partial charge >= 0.3 is 5.97 Å². The van der Waals surface area contributed by atoms with E-state index < -0.39 is 19.9 Å². The molecule has 2 unspecified atom stereocenters. The monoisotopic (exact) mass is 842 g/mol. The Morgan fingerprint density at radius 2 is 0.932 bits per heavy atom. The van der Waals surface area contributed by atoms with E-state index in [-0.39, 0.29) is 26.2 Å². The number of unbranched alkanes of at least 4 members (excludes halogenated alkanes) is 8. The van der Waals surface area contributed by atoms with Crippen molar-refractivity contribution in [1.82, 2.24) is 0 Å². The van der Waals surface area contributed by atoms with Gasteiger partial charge in [-0.1, -0.05) is 155 Å². The van der Waals surface area contributed by atoms with Crippen molar-refractivity contribution in [2.75, 3.05) is 54.1 Å². The number of carbonyl (C=O) groups is 1. The van der Waals surface area contributed by atoms with Gasteiger partial charge in [0.05, 0.1) is 34.4 Å². The number of quaternary nitrogens is 1. The largest absolute Gasteiger partial charge is 0.756 e. The SMILES string of the molecule is CC/C=C\C/C=C\C/C=C\C/C=C\C/C=C\CCCC(=O)OC(COCCCCCCCCC/C=C\C/C=C\C/C=C\C/C=C\CC)COP(=O)([O-])OCC[N+](C)(C)C. The molecule has 59 heavy (non-hydrogen) atoms. The van der Waals surface area contributed by atoms with Crippen LogP contribution in [0.5, 0.6) is 0 Å². The van der Waals surface area contributed by atoms with Crippen LogP contribution in [0.25, 0.3) is 0 Å². The topological polar surface area (TPSA) is 94.1 Å². The molecular weight excluding hydrogens is 758 g/mol. The van der Waals surface area contributed by atoms with Crippen molar-refractivity contribution in [2.45, 2.75) is 148 Å². The van der Waals surface area contributed by atoms with Crippen molar-refractivity contribution >= 4 is 13.8 Å². The maximum Gasteiger partial charge on any atom is 0.306 e. The van der Waals surface area contributed by atoms with E-state index in [2.05, 4.69) is 123 Å². The van der Waals surface area contributed by atoms with Gasteiger partial charge in [0.2, 0.25) is 0 Å². The minimum atomic E-state index is -4.55. The lowest BCUT2D eigenvalue weighted by atomic mass is 10.1. The molecule has 0 rings (SSSR count). The van der Waals surface area contributed by atoms with E-state index in [4.69, 9.17) is 18.5 Å². The number of nitrogens with zero attached hydrogens (tertiary/aromatic N) is 1. The number of allylic oxidation sites excluding steroid dienone is 18. The molecule has 9 heteroatoms. The number of carbonyl (C=O) groups excluding carboxylic acids is 1. The zero-order chi connectivity index (χ0) is 43.4. The summed E-state index contributed by atoms with van der Waals surface area (Å²) in [6, 6.07) is 0. The van der Waals surface area contributed by atoms with Crippen LogP contribution < -0.4 is 4.89 Å². The molecule has 0 spiro atoms. The Morgan fingerprint density at radius 3 is 1.39 bits per heavy atom. The Bertz CT molecular complexity index is 1300. The summed E-state index contributed by atoms with van der Waals surface area (Å²) in [5.41, 5.74) is 0. The average molecular weight is 842 g/mol. The van der Waals surface area contributed by atoms with E-state index in [1.54, 1.807) is 0 Å². The number of esters is 1. The normalized spacial score (nSPS) is 14.7. The fourth-order valence-electron chi connectivity index (χ4n) is 5.39. The molecule has 0 saturated carbocycles. The third kappa shape index (κ3) is 46.1. The van der Waals surface area contributed by atoms with Crippen molar-refractivity contribution in [2.24, 2.45) is 0 Å². The zero-order valence-electron chi connectivity index (χ0n) is 37.9. The molecular formula is C50H84NO7P. The summed E-state index contributed by atoms with van der Waals surface area (Å²) in [7, 11) is 1.29. The van der Waals surface area contributed by atoms with Crippen LogP contribution in [0.1, 0.15) is 142 Å². The lowest BCUT2D eigenvalue weighted by Crippen LogP contribution is -2.37. The van der Waals surface area contributed by atoms with Gasteiger partial charge in [0.25, 0.3) is 7.82 Å². The zero-order valence-corrected chi connectivity index (χ0v) is 38.8. The number of hydrogen-bond acceptors (Lipinski definition) is 7. The van der Waals surface area contributed by atoms with E-state index in [1.165, 1.54) is 25.7 Å². The van der Waals surface area contributed by atoms with Gasteiger partial charge in [-0.05, 0) is 89.9 Å². The smallest absolute Gasteiger partial charge is 0.306 e. The van der Waals surface area contributed by atoms with Gasteiger partial charge in [-0.3, -0.25) is 9.36 Å². The fraction of sp³-hybridized carbons (Fsp3) is 0.620. The summed E-state index contributed by atoms with van der Waals surface area (Å²) < 4.78 is 34.5. The highest BCUT2D eigenvalue weighted by molar-refractivity contribution is 7.45. The van der Waals surface area contributed by atoms with Gasteiger partial charge in [0.1, 0.15) is 19.3 Å². The van der Waals surface area contributed by atoms with Crippen LogP contribution in [0.4, 0.5) is 0 Å². The first-order valence-electron chi connectivity index (χ1n) is 22.6. The summed E-state index contributed by atoms with van der Waals surface area (Å²) >= 11 is 0. The molecule has 0 aromatic rings. The Kier molecular flexibility index (Phi) is 39.9. The highest BCUT2D eigenvalue weighted by atomic mass is 31.2. The van der Waals surface area contributed by atoms with E-state index in [0.29, 0.717) is 24.1 Å². The predicted molar refractivity (Wildman–Crippen MR) is 249 cm³/mol. The number of rotatable bonds is 40. The van der Waals surface area contributed by atoms with Crippen molar-refractivity contribution < 1.29 is 37.3 Å². The van der Waals surface area contributed by atoms with Gasteiger partial charge in [-0.25, -0.2) is 0 Å². The van der Waals surface area contributed by atoms with E-state index >= 15 is 0 Å². The Balaban J connectivity index is 4.36. The Labute approximate surface area is 361 Å². The molecule has 0 saturated heterocycles. The van der Waals surface area contributed by atoms with Gasteiger partial charge < -0.3 is 27.9 Å². The molecule has 0 aliphatic rings. The maximum atomic E-state index is 12.7. The summed E-state index contributed by atoms with van der Waals surface area (Å²) in [4.78, 5) is 25.1. The van der Waals surface area contributed by atoms with Crippen molar-refractivity contribution in [3.63, 3.8) is 0 Å². The second-order valence-corrected chi connectivity index (χ2v) is 17.1. The minimum absolute atomic E-state index is 0.00627. The van der Waals surface area contributed by atoms with E-state index in [1.807, 2.05) is 21.1 Å². The number of phosphoric acid groups is 1. The molecule has 8 nitrogen and oxygen atoms in total. The molecule has 0 amide bonds. The molecule has 0 aliphatic heterocycles. The third-order valence-corrected chi connectivity index (χ3v) is 9.78. The molecule has 0 N–H and O–H groups in total. The third-order valence-electron chi connectivity index (χ3n) is 8.82. The van der Waals surface area contributed by atoms with Gasteiger partial charge in [-0.15, -0.1) is 0 Å². The van der Waals surface area contributed by atoms with Crippen molar-refractivity contribution in [1.29, 1.82) is 0 Å². The van der Waals surface area contributed by atoms with Crippen LogP contribution in [0.2, 0.25) is 0 Å². The van der Waals surface area contributed by atoms with Crippen LogP contribution in [0, 0.1) is 0 Å². The molecule has 0 fully saturated rings. The summed E-state index contributed by atoms with van der Waals surface area (Å²) in [5, 5.41) is 0. The lowest BCUT2D eigenvalue weighted by molar-refractivity contribution is -0.870. The number of hydrogen-bond donors (Lipinski definition) is 0. The second kappa shape index (κ2) is 41.9. The molecule has 0 heterocycles. The van der Waals surface area contributed by atoms with Crippen LogP contribution in [0.3, 0.4) is 0 Å². The second-order valence-electron chi connectivity index (χ2n) is 15.6. The summed E-state index contributed by atoms with van der Waals surface area (Å²) in [6.45, 7) is 5.04. The molecule has 336 valence electrons. The first-order valence-corrected chi connectivity index (χ1v) is 24.1. The molecule has 0 bridgehead atoms. The Morgan fingerprint density at radius 1 is 0.525 bits per heavy atom. The Hall–Kier alpha value is -2.84. The van der Waals surface area contributed by atoms with Crippen LogP contribution >= 0.6 is 7.82 Å². The standard InChI is InChI=1S/C50H84NO7P/c1-6-8-10-12-14-16-18-20-22-24-25-26-28-30-32-34-36-38-40-42-45-55-47-49(48-57-59(53,54)56-46-44-51(3,4)5)58-50(52)43-41-39-37-35-33-31-29-27-23-21-19-17-15-13-11-9-7-2/h8-11,14-17,20-23,25-26,29,31,35,37,49H,6-7,12-13,18-19,24,27-28,30,32-34,36,38-48H2,1-5H3/b10-8-,11-9-,16-14-,17-15-,22-20-,23-21-,26-25-,31-29-,37-35-. The van der Waals surface area contributed by atoms with E-state index in [0.717, 1.165) is 89.9 Å². The first-order chi connectivity index (χ1) is 28.6. The predicted octanol–water partition coefficient (Wildman–Crippen LogP) is 13.0. The lowest BCUT2D eigenvalue weighted by Gasteiger charge is -2.28. The summed E-state index contributed by atoms with van der Waals surface area (Å²) in [5.74, 6) is -0.400. The molecule has 0 radical (unpaired) electrons.